The Kier molecular flexibility index (Phi) is 6.60. The van der Waals surface area contributed by atoms with Crippen LogP contribution in [-0.4, -0.2) is 27.2 Å². The molecule has 4 rings (SSSR count). The van der Waals surface area contributed by atoms with Crippen molar-refractivity contribution in [3.05, 3.63) is 77.6 Å². The zero-order chi connectivity index (χ0) is 24.3. The molecule has 3 aromatic carbocycles. The SMILES string of the molecule is Cc1ccc(N[C@H](C)C(=O)NCc2ccc3c(c2)OCO3)cc1S(=O)(=O)Nc1ccccc1F. The number of carbonyl (C=O) groups excluding carboxylic acids is 1. The van der Waals surface area contributed by atoms with Crippen molar-refractivity contribution in [1.29, 1.82) is 0 Å². The van der Waals surface area contributed by atoms with Crippen LogP contribution in [-0.2, 0) is 21.4 Å². The second kappa shape index (κ2) is 9.60. The quantitative estimate of drug-likeness (QED) is 0.449. The number of anilines is 2. The molecule has 0 saturated carbocycles. The van der Waals surface area contributed by atoms with Gasteiger partial charge in [0, 0.05) is 12.2 Å². The molecule has 34 heavy (non-hydrogen) atoms. The van der Waals surface area contributed by atoms with Gasteiger partial charge in [0.1, 0.15) is 11.9 Å². The van der Waals surface area contributed by atoms with Gasteiger partial charge in [0.2, 0.25) is 12.7 Å². The van der Waals surface area contributed by atoms with Gasteiger partial charge in [-0.2, -0.15) is 0 Å². The van der Waals surface area contributed by atoms with E-state index in [0.717, 1.165) is 5.56 Å². The van der Waals surface area contributed by atoms with Gasteiger partial charge in [0.25, 0.3) is 10.0 Å². The van der Waals surface area contributed by atoms with Gasteiger partial charge in [-0.1, -0.05) is 24.3 Å². The molecule has 1 amide bonds. The smallest absolute Gasteiger partial charge is 0.262 e. The fourth-order valence-corrected chi connectivity index (χ4v) is 4.77. The van der Waals surface area contributed by atoms with Crippen molar-refractivity contribution < 1.29 is 27.1 Å². The Labute approximate surface area is 197 Å². The zero-order valence-corrected chi connectivity index (χ0v) is 19.4. The van der Waals surface area contributed by atoms with Crippen LogP contribution in [0.2, 0.25) is 0 Å². The first-order chi connectivity index (χ1) is 16.2. The number of aryl methyl sites for hydroxylation is 1. The maximum atomic E-state index is 13.9. The Hall–Kier alpha value is -3.79. The molecule has 0 fully saturated rings. The summed E-state index contributed by atoms with van der Waals surface area (Å²) in [7, 11) is -4.05. The van der Waals surface area contributed by atoms with Crippen molar-refractivity contribution in [1.82, 2.24) is 5.32 Å². The number of halogens is 1. The number of sulfonamides is 1. The van der Waals surface area contributed by atoms with Crippen LogP contribution in [0.3, 0.4) is 0 Å². The van der Waals surface area contributed by atoms with E-state index in [1.165, 1.54) is 30.3 Å². The van der Waals surface area contributed by atoms with Crippen molar-refractivity contribution in [2.24, 2.45) is 0 Å². The van der Waals surface area contributed by atoms with Crippen molar-refractivity contribution in [2.45, 2.75) is 31.3 Å². The minimum absolute atomic E-state index is 0.0197. The molecule has 178 valence electrons. The van der Waals surface area contributed by atoms with Gasteiger partial charge >= 0.3 is 0 Å². The molecule has 1 heterocycles. The van der Waals surface area contributed by atoms with Gasteiger partial charge in [-0.05, 0) is 61.4 Å². The van der Waals surface area contributed by atoms with E-state index in [9.17, 15) is 17.6 Å². The van der Waals surface area contributed by atoms with Crippen molar-refractivity contribution in [3.63, 3.8) is 0 Å². The number of ether oxygens (including phenoxy) is 2. The standard InChI is InChI=1S/C24H24FN3O5S/c1-15-7-9-18(12-23(15)34(30,31)28-20-6-4-3-5-19(20)25)27-16(2)24(29)26-13-17-8-10-21-22(11-17)33-14-32-21/h3-12,16,27-28H,13-14H2,1-2H3,(H,26,29)/t16-/m1/s1. The molecule has 1 aliphatic rings. The Morgan fingerprint density at radius 3 is 2.62 bits per heavy atom. The molecule has 0 radical (unpaired) electrons. The summed E-state index contributed by atoms with van der Waals surface area (Å²) in [5.74, 6) is 0.355. The Morgan fingerprint density at radius 2 is 1.82 bits per heavy atom. The topological polar surface area (TPSA) is 106 Å². The summed E-state index contributed by atoms with van der Waals surface area (Å²) in [5.41, 5.74) is 1.63. The third kappa shape index (κ3) is 5.23. The predicted molar refractivity (Wildman–Crippen MR) is 126 cm³/mol. The van der Waals surface area contributed by atoms with Gasteiger partial charge in [0.05, 0.1) is 10.6 Å². The van der Waals surface area contributed by atoms with Gasteiger partial charge < -0.3 is 20.1 Å². The number of amides is 1. The summed E-state index contributed by atoms with van der Waals surface area (Å²) in [6.07, 6.45) is 0. The lowest BCUT2D eigenvalue weighted by Gasteiger charge is -2.17. The molecule has 0 saturated heterocycles. The van der Waals surface area contributed by atoms with E-state index in [-0.39, 0.29) is 23.3 Å². The molecule has 1 aliphatic heterocycles. The normalized spacial score (nSPS) is 13.3. The number of fused-ring (bicyclic) bond motifs is 1. The van der Waals surface area contributed by atoms with Crippen molar-refractivity contribution in [3.8, 4) is 11.5 Å². The van der Waals surface area contributed by atoms with E-state index >= 15 is 0 Å². The number of para-hydroxylation sites is 1. The number of nitrogens with one attached hydrogen (secondary N) is 3. The predicted octanol–water partition coefficient (Wildman–Crippen LogP) is 3.78. The van der Waals surface area contributed by atoms with E-state index in [0.29, 0.717) is 29.3 Å². The Morgan fingerprint density at radius 1 is 1.06 bits per heavy atom. The monoisotopic (exact) mass is 485 g/mol. The second-order valence-corrected chi connectivity index (χ2v) is 9.49. The summed E-state index contributed by atoms with van der Waals surface area (Å²) in [6.45, 7) is 3.78. The third-order valence-corrected chi connectivity index (χ3v) is 6.78. The van der Waals surface area contributed by atoms with Gasteiger partial charge in [0.15, 0.2) is 11.5 Å². The van der Waals surface area contributed by atoms with E-state index in [4.69, 9.17) is 9.47 Å². The maximum Gasteiger partial charge on any atom is 0.262 e. The number of hydrogen-bond donors (Lipinski definition) is 3. The van der Waals surface area contributed by atoms with Crippen LogP contribution in [0.4, 0.5) is 15.8 Å². The van der Waals surface area contributed by atoms with Crippen LogP contribution in [0.25, 0.3) is 0 Å². The van der Waals surface area contributed by atoms with Crippen LogP contribution in [0.1, 0.15) is 18.1 Å². The summed E-state index contributed by atoms with van der Waals surface area (Å²) in [5, 5.41) is 5.85. The van der Waals surface area contributed by atoms with Crippen molar-refractivity contribution in [2.75, 3.05) is 16.8 Å². The first kappa shape index (κ1) is 23.4. The van der Waals surface area contributed by atoms with Crippen LogP contribution in [0.5, 0.6) is 11.5 Å². The highest BCUT2D eigenvalue weighted by Crippen LogP contribution is 2.32. The first-order valence-electron chi connectivity index (χ1n) is 10.5. The molecule has 0 bridgehead atoms. The summed E-state index contributed by atoms with van der Waals surface area (Å²) < 4.78 is 52.6. The number of hydrogen-bond acceptors (Lipinski definition) is 6. The Bertz CT molecular complexity index is 1330. The average molecular weight is 486 g/mol. The minimum atomic E-state index is -4.05. The molecule has 0 aromatic heterocycles. The zero-order valence-electron chi connectivity index (χ0n) is 18.6. The molecule has 0 aliphatic carbocycles. The van der Waals surface area contributed by atoms with E-state index < -0.39 is 21.9 Å². The molecule has 0 spiro atoms. The molecule has 0 unspecified atom stereocenters. The first-order valence-corrected chi connectivity index (χ1v) is 12.0. The van der Waals surface area contributed by atoms with Crippen LogP contribution >= 0.6 is 0 Å². The summed E-state index contributed by atoms with van der Waals surface area (Å²) >= 11 is 0. The minimum Gasteiger partial charge on any atom is -0.454 e. The van der Waals surface area contributed by atoms with Gasteiger partial charge in [-0.3, -0.25) is 9.52 Å². The van der Waals surface area contributed by atoms with Crippen LogP contribution in [0.15, 0.2) is 65.6 Å². The average Bonchev–Trinajstić information content (AvgIpc) is 3.28. The molecule has 10 heteroatoms. The highest BCUT2D eigenvalue weighted by molar-refractivity contribution is 7.92. The van der Waals surface area contributed by atoms with Crippen LogP contribution in [0, 0.1) is 12.7 Å². The molecule has 1 atom stereocenters. The maximum absolute atomic E-state index is 13.9. The van der Waals surface area contributed by atoms with Gasteiger partial charge in [-0.15, -0.1) is 0 Å². The lowest BCUT2D eigenvalue weighted by molar-refractivity contribution is -0.121. The number of benzene rings is 3. The Balaban J connectivity index is 1.42. The van der Waals surface area contributed by atoms with Crippen LogP contribution < -0.4 is 24.8 Å². The second-order valence-electron chi connectivity index (χ2n) is 7.84. The van der Waals surface area contributed by atoms with E-state index in [1.54, 1.807) is 38.1 Å². The molecule has 8 nitrogen and oxygen atoms in total. The highest BCUT2D eigenvalue weighted by atomic mass is 32.2. The summed E-state index contributed by atoms with van der Waals surface area (Å²) in [6, 6.07) is 15.0. The fraction of sp³-hybridized carbons (Fsp3) is 0.208. The summed E-state index contributed by atoms with van der Waals surface area (Å²) in [4.78, 5) is 12.6. The molecule has 3 aromatic rings. The molecular weight excluding hydrogens is 461 g/mol. The third-order valence-electron chi connectivity index (χ3n) is 5.28. The number of rotatable bonds is 8. The van der Waals surface area contributed by atoms with Crippen molar-refractivity contribution >= 4 is 27.3 Å². The van der Waals surface area contributed by atoms with Gasteiger partial charge in [-0.25, -0.2) is 12.8 Å². The molecule has 3 N–H and O–H groups in total. The fourth-order valence-electron chi connectivity index (χ4n) is 3.43. The van der Waals surface area contributed by atoms with E-state index in [2.05, 4.69) is 15.4 Å². The lowest BCUT2D eigenvalue weighted by atomic mass is 10.2. The molecular formula is C24H24FN3O5S. The number of carbonyl (C=O) groups is 1. The van der Waals surface area contributed by atoms with E-state index in [1.807, 2.05) is 6.07 Å². The lowest BCUT2D eigenvalue weighted by Crippen LogP contribution is -2.37. The largest absolute Gasteiger partial charge is 0.454 e. The highest BCUT2D eigenvalue weighted by Gasteiger charge is 2.21.